The second-order valence-electron chi connectivity index (χ2n) is 8.95. The van der Waals surface area contributed by atoms with Gasteiger partial charge in [-0.3, -0.25) is 9.59 Å². The molecule has 0 spiro atoms. The van der Waals surface area contributed by atoms with Crippen molar-refractivity contribution in [1.29, 1.82) is 0 Å². The molecule has 0 aliphatic carbocycles. The van der Waals surface area contributed by atoms with Crippen LogP contribution in [0.3, 0.4) is 0 Å². The molecular weight excluding hydrogens is 479 g/mol. The smallest absolute Gasteiger partial charge is 0.747 e. The summed E-state index contributed by atoms with van der Waals surface area (Å²) in [6.45, 7) is 5.77. The van der Waals surface area contributed by atoms with Crippen LogP contribution < -0.4 is 29.6 Å². The van der Waals surface area contributed by atoms with Crippen LogP contribution in [0.15, 0.2) is 12.7 Å². The zero-order valence-electron chi connectivity index (χ0n) is 22.3. The second-order valence-corrected chi connectivity index (χ2v) is 10.5. The van der Waals surface area contributed by atoms with Gasteiger partial charge in [-0.05, 0) is 12.8 Å². The monoisotopic (exact) mass is 526 g/mol. The van der Waals surface area contributed by atoms with Crippen molar-refractivity contribution in [1.82, 2.24) is 0 Å². The summed E-state index contributed by atoms with van der Waals surface area (Å²) in [4.78, 5) is 23.6. The van der Waals surface area contributed by atoms with Crippen molar-refractivity contribution in [2.24, 2.45) is 0 Å². The molecule has 35 heavy (non-hydrogen) atoms. The van der Waals surface area contributed by atoms with Gasteiger partial charge in [0.25, 0.3) is 0 Å². The van der Waals surface area contributed by atoms with Crippen LogP contribution in [0.2, 0.25) is 0 Å². The first-order valence-electron chi connectivity index (χ1n) is 13.2. The van der Waals surface area contributed by atoms with Crippen molar-refractivity contribution in [3.05, 3.63) is 12.7 Å². The molecule has 0 bridgehead atoms. The van der Waals surface area contributed by atoms with E-state index in [0.717, 1.165) is 19.3 Å². The normalized spacial score (nSPS) is 11.9. The quantitative estimate of drug-likeness (QED) is 0.0624. The molecule has 0 rings (SSSR count). The van der Waals surface area contributed by atoms with Crippen LogP contribution in [0.25, 0.3) is 0 Å². The maximum Gasteiger partial charge on any atom is 1.00 e. The van der Waals surface area contributed by atoms with E-state index in [1.54, 1.807) is 0 Å². The number of carbonyl (C=O) groups is 2. The molecule has 0 aromatic carbocycles. The van der Waals surface area contributed by atoms with E-state index in [1.165, 1.54) is 83.1 Å². The first kappa shape index (κ1) is 36.7. The molecule has 1 atom stereocenters. The van der Waals surface area contributed by atoms with E-state index in [2.05, 4.69) is 13.5 Å². The summed E-state index contributed by atoms with van der Waals surface area (Å²) < 4.78 is 43.7. The third kappa shape index (κ3) is 23.7. The maximum absolute atomic E-state index is 12.0. The Morgan fingerprint density at radius 2 is 1.20 bits per heavy atom. The number of hydrogen-bond acceptors (Lipinski definition) is 7. The van der Waals surface area contributed by atoms with Gasteiger partial charge in [0.15, 0.2) is 5.25 Å². The predicted octanol–water partition coefficient (Wildman–Crippen LogP) is 3.22. The molecule has 0 saturated carbocycles. The molecule has 0 radical (unpaired) electrons. The summed E-state index contributed by atoms with van der Waals surface area (Å²) in [5.74, 6) is -2.11. The van der Waals surface area contributed by atoms with Gasteiger partial charge in [0, 0.05) is 0 Å². The first-order valence-corrected chi connectivity index (χ1v) is 14.7. The van der Waals surface area contributed by atoms with Gasteiger partial charge in [-0.25, -0.2) is 8.42 Å². The molecule has 0 N–H and O–H groups in total. The molecule has 0 saturated heterocycles. The number of carbonyl (C=O) groups excluding carboxylic acids is 2. The third-order valence-electron chi connectivity index (χ3n) is 5.79. The molecule has 0 fully saturated rings. The summed E-state index contributed by atoms with van der Waals surface area (Å²) in [6, 6.07) is 0. The van der Waals surface area contributed by atoms with Crippen molar-refractivity contribution in [3.8, 4) is 0 Å². The second kappa shape index (κ2) is 25.2. The average molecular weight is 527 g/mol. The van der Waals surface area contributed by atoms with Crippen LogP contribution in [0.4, 0.5) is 0 Å². The Bertz CT molecular complexity index is 638. The minimum absolute atomic E-state index is 0. The molecule has 200 valence electrons. The number of esters is 2. The largest absolute Gasteiger partial charge is 1.00 e. The fourth-order valence-electron chi connectivity index (χ4n) is 3.69. The summed E-state index contributed by atoms with van der Waals surface area (Å²) >= 11 is 0. The predicted molar refractivity (Wildman–Crippen MR) is 134 cm³/mol. The Balaban J connectivity index is 0. The number of unbranched alkanes of at least 4 members (excludes halogenated alkanes) is 15. The Labute approximate surface area is 236 Å². The summed E-state index contributed by atoms with van der Waals surface area (Å²) in [6.07, 6.45) is 20.6. The Morgan fingerprint density at radius 3 is 1.60 bits per heavy atom. The van der Waals surface area contributed by atoms with Gasteiger partial charge in [-0.15, -0.1) is 6.58 Å². The minimum atomic E-state index is -5.01. The molecule has 0 aliphatic rings. The number of rotatable bonds is 24. The van der Waals surface area contributed by atoms with Gasteiger partial charge < -0.3 is 14.0 Å². The van der Waals surface area contributed by atoms with Crippen molar-refractivity contribution in [3.63, 3.8) is 0 Å². The molecular formula is C26H47NaO7S. The van der Waals surface area contributed by atoms with Gasteiger partial charge in [0.05, 0.1) is 19.6 Å². The van der Waals surface area contributed by atoms with Crippen LogP contribution in [0.5, 0.6) is 0 Å². The van der Waals surface area contributed by atoms with E-state index >= 15 is 0 Å². The van der Waals surface area contributed by atoms with E-state index in [0.29, 0.717) is 12.8 Å². The van der Waals surface area contributed by atoms with E-state index in [1.807, 2.05) is 0 Å². The van der Waals surface area contributed by atoms with Gasteiger partial charge in [0.2, 0.25) is 0 Å². The topological polar surface area (TPSA) is 110 Å². The zero-order chi connectivity index (χ0) is 25.5. The average Bonchev–Trinajstić information content (AvgIpc) is 2.78. The molecule has 1 unspecified atom stereocenters. The molecule has 0 heterocycles. The van der Waals surface area contributed by atoms with Crippen molar-refractivity contribution in [2.75, 3.05) is 13.2 Å². The third-order valence-corrected chi connectivity index (χ3v) is 6.85. The number of ether oxygens (including phenoxy) is 2. The van der Waals surface area contributed by atoms with Crippen molar-refractivity contribution >= 4 is 22.1 Å². The van der Waals surface area contributed by atoms with Crippen molar-refractivity contribution in [2.45, 2.75) is 128 Å². The summed E-state index contributed by atoms with van der Waals surface area (Å²) in [5, 5.41) is -2.07. The molecule has 9 heteroatoms. The van der Waals surface area contributed by atoms with E-state index in [9.17, 15) is 22.6 Å². The first-order chi connectivity index (χ1) is 16.3. The fourth-order valence-corrected chi connectivity index (χ4v) is 4.33. The van der Waals surface area contributed by atoms with E-state index in [-0.39, 0.29) is 42.8 Å². The molecule has 0 aromatic rings. The van der Waals surface area contributed by atoms with Crippen LogP contribution in [-0.4, -0.2) is 43.4 Å². The maximum atomic E-state index is 12.0. The van der Waals surface area contributed by atoms with Crippen LogP contribution in [0.1, 0.15) is 122 Å². The Morgan fingerprint density at radius 1 is 0.771 bits per heavy atom. The summed E-state index contributed by atoms with van der Waals surface area (Å²) in [5.41, 5.74) is 0. The van der Waals surface area contributed by atoms with Crippen LogP contribution in [-0.2, 0) is 29.2 Å². The van der Waals surface area contributed by atoms with Crippen LogP contribution in [0, 0.1) is 0 Å². The molecule has 7 nitrogen and oxygen atoms in total. The zero-order valence-corrected chi connectivity index (χ0v) is 25.1. The summed E-state index contributed by atoms with van der Waals surface area (Å²) in [7, 11) is -5.01. The van der Waals surface area contributed by atoms with Crippen molar-refractivity contribution < 1.29 is 61.6 Å². The number of hydrogen-bond donors (Lipinski definition) is 0. The SMILES string of the molecule is C=CCCOC(=O)CC(C(=O)OCCCCCCCCCCCCCCCCCC)S(=O)(=O)[O-].[Na+]. The standard InChI is InChI=1S/C26H48O7S.Na/c1-3-5-7-8-9-10-11-12-13-14-15-16-17-18-19-20-22-33-26(28)24(34(29,30)31)23-25(27)32-21-6-4-2;/h4,24H,2-3,5-23H2,1H3,(H,29,30,31);/q;+1/p-1. The molecule has 0 amide bonds. The van der Waals surface area contributed by atoms with Crippen LogP contribution >= 0.6 is 0 Å². The van der Waals surface area contributed by atoms with Gasteiger partial charge in [-0.1, -0.05) is 109 Å². The minimum Gasteiger partial charge on any atom is -0.747 e. The van der Waals surface area contributed by atoms with Gasteiger partial charge >= 0.3 is 41.5 Å². The fraction of sp³-hybridized carbons (Fsp3) is 0.846. The van der Waals surface area contributed by atoms with Gasteiger partial charge in [-0.2, -0.15) is 0 Å². The Kier molecular flexibility index (Phi) is 26.5. The Hall–Kier alpha value is -0.410. The van der Waals surface area contributed by atoms with E-state index in [4.69, 9.17) is 9.47 Å². The molecule has 0 aliphatic heterocycles. The van der Waals surface area contributed by atoms with Gasteiger partial charge in [0.1, 0.15) is 10.1 Å². The van der Waals surface area contributed by atoms with E-state index < -0.39 is 33.7 Å². The molecule has 0 aromatic heterocycles.